The van der Waals surface area contributed by atoms with Crippen LogP contribution >= 0.6 is 0 Å². The number of carbonyl (C=O) groups is 1. The van der Waals surface area contributed by atoms with E-state index in [1.165, 1.54) is 12.1 Å². The number of carbonyl (C=O) groups excluding carboxylic acids is 1. The fraction of sp³-hybridized carbons (Fsp3) is 0.0625. The summed E-state index contributed by atoms with van der Waals surface area (Å²) in [6.45, 7) is 3.98. The zero-order chi connectivity index (χ0) is 14.5. The standard InChI is InChI=1S/C16H15FN2O/c1-11(16(18)20)19-10-12-5-7-13(8-6-12)14-3-2-4-15(17)9-14/h2-9,19H,1,10H2,(H2,18,20). The highest BCUT2D eigenvalue weighted by atomic mass is 19.1. The molecule has 0 bridgehead atoms. The third-order valence-electron chi connectivity index (χ3n) is 2.92. The van der Waals surface area contributed by atoms with Crippen molar-refractivity contribution in [2.24, 2.45) is 5.73 Å². The molecular formula is C16H15FN2O. The molecule has 2 rings (SSSR count). The van der Waals surface area contributed by atoms with Crippen LogP contribution in [0.2, 0.25) is 0 Å². The second kappa shape index (κ2) is 6.02. The molecule has 0 aliphatic carbocycles. The molecule has 0 fully saturated rings. The van der Waals surface area contributed by atoms with E-state index in [-0.39, 0.29) is 11.5 Å². The maximum absolute atomic E-state index is 13.2. The predicted octanol–water partition coefficient (Wildman–Crippen LogP) is 2.58. The van der Waals surface area contributed by atoms with Crippen LogP contribution in [0.25, 0.3) is 11.1 Å². The van der Waals surface area contributed by atoms with Gasteiger partial charge >= 0.3 is 0 Å². The summed E-state index contributed by atoms with van der Waals surface area (Å²) >= 11 is 0. The van der Waals surface area contributed by atoms with Gasteiger partial charge in [-0.25, -0.2) is 4.39 Å². The third kappa shape index (κ3) is 3.45. The van der Waals surface area contributed by atoms with Gasteiger partial charge in [0, 0.05) is 6.54 Å². The molecule has 1 amide bonds. The van der Waals surface area contributed by atoms with E-state index in [0.29, 0.717) is 6.54 Å². The molecule has 0 aliphatic heterocycles. The summed E-state index contributed by atoms with van der Waals surface area (Å²) in [7, 11) is 0. The van der Waals surface area contributed by atoms with Gasteiger partial charge < -0.3 is 11.1 Å². The summed E-state index contributed by atoms with van der Waals surface area (Å²) in [5.41, 5.74) is 7.99. The van der Waals surface area contributed by atoms with Crippen LogP contribution in [0, 0.1) is 5.82 Å². The molecule has 3 N–H and O–H groups in total. The molecule has 0 spiro atoms. The number of nitrogens with two attached hydrogens (primary N) is 1. The Kier molecular flexibility index (Phi) is 4.15. The number of amides is 1. The van der Waals surface area contributed by atoms with E-state index in [2.05, 4.69) is 11.9 Å². The summed E-state index contributed by atoms with van der Waals surface area (Å²) in [5, 5.41) is 2.84. The lowest BCUT2D eigenvalue weighted by molar-refractivity contribution is -0.114. The summed E-state index contributed by atoms with van der Waals surface area (Å²) in [5.74, 6) is -0.826. The molecule has 102 valence electrons. The van der Waals surface area contributed by atoms with Gasteiger partial charge in [0.1, 0.15) is 5.82 Å². The smallest absolute Gasteiger partial charge is 0.264 e. The van der Waals surface area contributed by atoms with Gasteiger partial charge in [-0.05, 0) is 28.8 Å². The number of nitrogens with one attached hydrogen (secondary N) is 1. The SMILES string of the molecule is C=C(NCc1ccc(-c2cccc(F)c2)cc1)C(N)=O. The van der Waals surface area contributed by atoms with Crippen LogP contribution in [0.4, 0.5) is 4.39 Å². The van der Waals surface area contributed by atoms with Crippen molar-refractivity contribution >= 4 is 5.91 Å². The van der Waals surface area contributed by atoms with Gasteiger partial charge in [-0.15, -0.1) is 0 Å². The largest absolute Gasteiger partial charge is 0.377 e. The van der Waals surface area contributed by atoms with Crippen molar-refractivity contribution in [3.05, 3.63) is 72.2 Å². The Morgan fingerprint density at radius 2 is 1.85 bits per heavy atom. The number of benzene rings is 2. The van der Waals surface area contributed by atoms with E-state index in [0.717, 1.165) is 16.7 Å². The fourth-order valence-corrected chi connectivity index (χ4v) is 1.78. The summed E-state index contributed by atoms with van der Waals surface area (Å²) < 4.78 is 13.2. The van der Waals surface area contributed by atoms with Crippen molar-refractivity contribution in [1.29, 1.82) is 0 Å². The predicted molar refractivity (Wildman–Crippen MR) is 77.0 cm³/mol. The second-order valence-corrected chi connectivity index (χ2v) is 4.40. The van der Waals surface area contributed by atoms with E-state index in [9.17, 15) is 9.18 Å². The van der Waals surface area contributed by atoms with Crippen LogP contribution < -0.4 is 11.1 Å². The Morgan fingerprint density at radius 1 is 1.15 bits per heavy atom. The Bertz CT molecular complexity index is 635. The number of hydrogen-bond donors (Lipinski definition) is 2. The lowest BCUT2D eigenvalue weighted by Crippen LogP contribution is -2.24. The first-order chi connectivity index (χ1) is 9.56. The molecule has 0 unspecified atom stereocenters. The number of rotatable bonds is 5. The summed E-state index contributed by atoms with van der Waals surface area (Å²) in [6.07, 6.45) is 0. The minimum absolute atomic E-state index is 0.180. The first kappa shape index (κ1) is 13.8. The fourth-order valence-electron chi connectivity index (χ4n) is 1.78. The summed E-state index contributed by atoms with van der Waals surface area (Å²) in [6, 6.07) is 14.0. The van der Waals surface area contributed by atoms with Crippen molar-refractivity contribution in [1.82, 2.24) is 5.32 Å². The van der Waals surface area contributed by atoms with Crippen LogP contribution in [0.15, 0.2) is 60.8 Å². The van der Waals surface area contributed by atoms with Crippen LogP contribution in [-0.4, -0.2) is 5.91 Å². The Balaban J connectivity index is 2.07. The topological polar surface area (TPSA) is 55.1 Å². The molecule has 0 radical (unpaired) electrons. The van der Waals surface area contributed by atoms with Crippen molar-refractivity contribution < 1.29 is 9.18 Å². The van der Waals surface area contributed by atoms with Crippen molar-refractivity contribution in [3.63, 3.8) is 0 Å². The minimum Gasteiger partial charge on any atom is -0.377 e. The highest BCUT2D eigenvalue weighted by molar-refractivity contribution is 5.90. The van der Waals surface area contributed by atoms with Crippen LogP contribution in [-0.2, 0) is 11.3 Å². The molecule has 4 heteroatoms. The Hall–Kier alpha value is -2.62. The molecule has 0 atom stereocenters. The number of primary amides is 1. The molecule has 0 aliphatic rings. The van der Waals surface area contributed by atoms with Crippen LogP contribution in [0.3, 0.4) is 0 Å². The molecule has 0 saturated heterocycles. The number of halogens is 1. The van der Waals surface area contributed by atoms with Crippen molar-refractivity contribution in [2.45, 2.75) is 6.54 Å². The highest BCUT2D eigenvalue weighted by Gasteiger charge is 2.02. The van der Waals surface area contributed by atoms with Gasteiger partial charge in [0.05, 0.1) is 5.70 Å². The average Bonchev–Trinajstić information content (AvgIpc) is 2.45. The molecule has 0 aromatic heterocycles. The van der Waals surface area contributed by atoms with Crippen LogP contribution in [0.1, 0.15) is 5.56 Å². The van der Waals surface area contributed by atoms with Gasteiger partial charge in [-0.1, -0.05) is 43.0 Å². The van der Waals surface area contributed by atoms with E-state index in [4.69, 9.17) is 5.73 Å². The summed E-state index contributed by atoms with van der Waals surface area (Å²) in [4.78, 5) is 10.8. The van der Waals surface area contributed by atoms with Gasteiger partial charge in [-0.2, -0.15) is 0 Å². The molecule has 2 aromatic carbocycles. The van der Waals surface area contributed by atoms with Crippen molar-refractivity contribution in [3.8, 4) is 11.1 Å². The number of hydrogen-bond acceptors (Lipinski definition) is 2. The first-order valence-corrected chi connectivity index (χ1v) is 6.14. The lowest BCUT2D eigenvalue weighted by Gasteiger charge is -2.07. The molecular weight excluding hydrogens is 255 g/mol. The normalized spacial score (nSPS) is 10.1. The molecule has 20 heavy (non-hydrogen) atoms. The van der Waals surface area contributed by atoms with E-state index < -0.39 is 5.91 Å². The van der Waals surface area contributed by atoms with Gasteiger partial charge in [0.25, 0.3) is 5.91 Å². The lowest BCUT2D eigenvalue weighted by atomic mass is 10.0. The van der Waals surface area contributed by atoms with E-state index in [1.807, 2.05) is 30.3 Å². The van der Waals surface area contributed by atoms with Gasteiger partial charge in [-0.3, -0.25) is 4.79 Å². The van der Waals surface area contributed by atoms with Crippen molar-refractivity contribution in [2.75, 3.05) is 0 Å². The zero-order valence-corrected chi connectivity index (χ0v) is 10.9. The second-order valence-electron chi connectivity index (χ2n) is 4.40. The van der Waals surface area contributed by atoms with Gasteiger partial charge in [0.2, 0.25) is 0 Å². The van der Waals surface area contributed by atoms with Gasteiger partial charge in [0.15, 0.2) is 0 Å². The molecule has 2 aromatic rings. The quantitative estimate of drug-likeness (QED) is 0.820. The molecule has 3 nitrogen and oxygen atoms in total. The maximum Gasteiger partial charge on any atom is 0.264 e. The monoisotopic (exact) mass is 270 g/mol. The Morgan fingerprint density at radius 3 is 2.45 bits per heavy atom. The third-order valence-corrected chi connectivity index (χ3v) is 2.92. The molecule has 0 saturated carbocycles. The highest BCUT2D eigenvalue weighted by Crippen LogP contribution is 2.20. The first-order valence-electron chi connectivity index (χ1n) is 6.14. The molecule has 0 heterocycles. The zero-order valence-electron chi connectivity index (χ0n) is 10.9. The Labute approximate surface area is 116 Å². The average molecular weight is 270 g/mol. The van der Waals surface area contributed by atoms with E-state index >= 15 is 0 Å². The van der Waals surface area contributed by atoms with Crippen LogP contribution in [0.5, 0.6) is 0 Å². The minimum atomic E-state index is -0.568. The van der Waals surface area contributed by atoms with E-state index in [1.54, 1.807) is 6.07 Å². The maximum atomic E-state index is 13.2.